The van der Waals surface area contributed by atoms with Crippen molar-refractivity contribution in [1.82, 2.24) is 0 Å². The molecule has 0 N–H and O–H groups in total. The quantitative estimate of drug-likeness (QED) is 0.777. The maximum atomic E-state index is 11.9. The van der Waals surface area contributed by atoms with Crippen molar-refractivity contribution >= 4 is 5.97 Å². The Morgan fingerprint density at radius 1 is 1.20 bits per heavy atom. The normalized spacial score (nSPS) is 33.7. The minimum absolute atomic E-state index is 0.240. The topological polar surface area (TPSA) is 63.2 Å². The van der Waals surface area contributed by atoms with Gasteiger partial charge in [-0.25, -0.2) is 4.79 Å². The van der Waals surface area contributed by atoms with E-state index in [4.69, 9.17) is 23.7 Å². The van der Waals surface area contributed by atoms with E-state index >= 15 is 0 Å². The largest absolute Gasteiger partial charge is 0.459 e. The highest BCUT2D eigenvalue weighted by Gasteiger charge is 2.47. The van der Waals surface area contributed by atoms with E-state index in [1.54, 1.807) is 0 Å². The Bertz CT molecular complexity index is 668. The third kappa shape index (κ3) is 3.48. The van der Waals surface area contributed by atoms with E-state index < -0.39 is 11.9 Å². The lowest BCUT2D eigenvalue weighted by atomic mass is 9.99. The van der Waals surface area contributed by atoms with E-state index in [0.717, 1.165) is 5.56 Å². The number of hydrogen-bond acceptors (Lipinski definition) is 6. The lowest BCUT2D eigenvalue weighted by Crippen LogP contribution is -2.48. The standard InChI is InChI=1S/C19H22O6/c1-19(2)23-11-16(25-19)17-14(21-9-12-6-4-3-5-7-12)8-13-15(24-17)10-22-18(13)20/h3-8,14-17H,9-11H2,1-2H3/t14-,15-,16-,17+/m1/s1. The molecule has 0 aromatic heterocycles. The molecule has 0 unspecified atom stereocenters. The number of ether oxygens (including phenoxy) is 5. The molecule has 0 amide bonds. The first kappa shape index (κ1) is 16.7. The average Bonchev–Trinajstić information content (AvgIpc) is 3.15. The first-order chi connectivity index (χ1) is 12.0. The van der Waals surface area contributed by atoms with E-state index in [1.807, 2.05) is 50.3 Å². The summed E-state index contributed by atoms with van der Waals surface area (Å²) in [6.07, 6.45) is 0.449. The summed E-state index contributed by atoms with van der Waals surface area (Å²) >= 11 is 0. The Labute approximate surface area is 146 Å². The summed E-state index contributed by atoms with van der Waals surface area (Å²) in [6, 6.07) is 9.89. The van der Waals surface area contributed by atoms with Crippen LogP contribution in [0.5, 0.6) is 0 Å². The zero-order valence-electron chi connectivity index (χ0n) is 14.3. The molecule has 25 heavy (non-hydrogen) atoms. The minimum atomic E-state index is -0.649. The van der Waals surface area contributed by atoms with Crippen molar-refractivity contribution in [3.05, 3.63) is 47.5 Å². The fraction of sp³-hybridized carbons (Fsp3) is 0.526. The summed E-state index contributed by atoms with van der Waals surface area (Å²) in [5, 5.41) is 0. The second-order valence-corrected chi connectivity index (χ2v) is 6.94. The van der Waals surface area contributed by atoms with E-state index in [2.05, 4.69) is 0 Å². The third-order valence-corrected chi connectivity index (χ3v) is 4.62. The molecule has 6 nitrogen and oxygen atoms in total. The molecule has 1 aromatic carbocycles. The maximum absolute atomic E-state index is 11.9. The molecule has 0 spiro atoms. The van der Waals surface area contributed by atoms with E-state index in [1.165, 1.54) is 0 Å². The summed E-state index contributed by atoms with van der Waals surface area (Å²) in [5.41, 5.74) is 1.59. The van der Waals surface area contributed by atoms with Gasteiger partial charge in [-0.15, -0.1) is 0 Å². The van der Waals surface area contributed by atoms with Gasteiger partial charge in [0.05, 0.1) is 18.8 Å². The number of fused-ring (bicyclic) bond motifs is 1. The zero-order valence-corrected chi connectivity index (χ0v) is 14.3. The van der Waals surface area contributed by atoms with E-state index in [-0.39, 0.29) is 30.9 Å². The van der Waals surface area contributed by atoms with Crippen LogP contribution in [0.4, 0.5) is 0 Å². The molecule has 3 heterocycles. The highest BCUT2D eigenvalue weighted by atomic mass is 16.8. The summed E-state index contributed by atoms with van der Waals surface area (Å²) in [6.45, 7) is 4.83. The minimum Gasteiger partial charge on any atom is -0.459 e. The zero-order chi connectivity index (χ0) is 17.4. The molecular formula is C19H22O6. The fourth-order valence-electron chi connectivity index (χ4n) is 3.37. The molecule has 6 heteroatoms. The van der Waals surface area contributed by atoms with Gasteiger partial charge in [0.15, 0.2) is 5.79 Å². The smallest absolute Gasteiger partial charge is 0.336 e. The number of esters is 1. The summed E-state index contributed by atoms with van der Waals surface area (Å²) in [4.78, 5) is 11.9. The van der Waals surface area contributed by atoms with E-state index in [9.17, 15) is 4.79 Å². The van der Waals surface area contributed by atoms with Crippen molar-refractivity contribution in [3.63, 3.8) is 0 Å². The second-order valence-electron chi connectivity index (χ2n) is 6.94. The molecule has 2 fully saturated rings. The average molecular weight is 346 g/mol. The van der Waals surface area contributed by atoms with Crippen LogP contribution in [0, 0.1) is 0 Å². The monoisotopic (exact) mass is 346 g/mol. The van der Waals surface area contributed by atoms with Crippen molar-refractivity contribution in [2.45, 2.75) is 50.7 Å². The molecule has 3 aliphatic heterocycles. The molecule has 134 valence electrons. The Balaban J connectivity index is 1.53. The first-order valence-electron chi connectivity index (χ1n) is 8.53. The molecule has 3 aliphatic rings. The van der Waals surface area contributed by atoms with Gasteiger partial charge in [-0.05, 0) is 25.5 Å². The molecular weight excluding hydrogens is 324 g/mol. The number of carbonyl (C=O) groups is 1. The molecule has 0 radical (unpaired) electrons. The summed E-state index contributed by atoms with van der Waals surface area (Å²) in [5.74, 6) is -0.982. The van der Waals surface area contributed by atoms with Gasteiger partial charge in [0, 0.05) is 0 Å². The maximum Gasteiger partial charge on any atom is 0.336 e. The first-order valence-corrected chi connectivity index (χ1v) is 8.53. The highest BCUT2D eigenvalue weighted by molar-refractivity contribution is 5.92. The van der Waals surface area contributed by atoms with Gasteiger partial charge < -0.3 is 23.7 Å². The van der Waals surface area contributed by atoms with Gasteiger partial charge in [0.1, 0.15) is 31.0 Å². The molecule has 0 bridgehead atoms. The molecule has 2 saturated heterocycles. The predicted octanol–water partition coefficient (Wildman–Crippen LogP) is 1.97. The van der Waals surface area contributed by atoms with Crippen LogP contribution < -0.4 is 0 Å². The third-order valence-electron chi connectivity index (χ3n) is 4.62. The van der Waals surface area contributed by atoms with Crippen molar-refractivity contribution < 1.29 is 28.5 Å². The highest BCUT2D eigenvalue weighted by Crippen LogP contribution is 2.34. The second kappa shape index (κ2) is 6.53. The predicted molar refractivity (Wildman–Crippen MR) is 87.6 cm³/mol. The van der Waals surface area contributed by atoms with Crippen LogP contribution in [-0.4, -0.2) is 49.4 Å². The fourth-order valence-corrected chi connectivity index (χ4v) is 3.37. The number of carbonyl (C=O) groups excluding carboxylic acids is 1. The van der Waals surface area contributed by atoms with Crippen molar-refractivity contribution in [2.75, 3.05) is 13.2 Å². The Kier molecular flexibility index (Phi) is 4.37. The van der Waals surface area contributed by atoms with Gasteiger partial charge >= 0.3 is 5.97 Å². The number of benzene rings is 1. The van der Waals surface area contributed by atoms with Gasteiger partial charge in [-0.2, -0.15) is 0 Å². The number of cyclic esters (lactones) is 1. The van der Waals surface area contributed by atoms with Crippen LogP contribution in [-0.2, 0) is 35.1 Å². The van der Waals surface area contributed by atoms with Crippen LogP contribution in [0.1, 0.15) is 19.4 Å². The molecule has 4 atom stereocenters. The van der Waals surface area contributed by atoms with Crippen molar-refractivity contribution in [1.29, 1.82) is 0 Å². The van der Waals surface area contributed by atoms with Gasteiger partial charge in [0.25, 0.3) is 0 Å². The van der Waals surface area contributed by atoms with Crippen LogP contribution in [0.2, 0.25) is 0 Å². The Hall–Kier alpha value is -1.73. The number of rotatable bonds is 4. The van der Waals surface area contributed by atoms with Gasteiger partial charge in [-0.1, -0.05) is 30.3 Å². The Morgan fingerprint density at radius 3 is 2.72 bits per heavy atom. The van der Waals surface area contributed by atoms with Crippen molar-refractivity contribution in [3.8, 4) is 0 Å². The molecule has 1 aromatic rings. The van der Waals surface area contributed by atoms with Crippen molar-refractivity contribution in [2.24, 2.45) is 0 Å². The SMILES string of the molecule is CC1(C)OC[C@H]([C@H]2O[C@@H]3COC(=O)C3=C[C@H]2OCc2ccccc2)O1. The molecule has 0 saturated carbocycles. The summed E-state index contributed by atoms with van der Waals surface area (Å²) < 4.78 is 28.9. The van der Waals surface area contributed by atoms with Gasteiger partial charge in [0.2, 0.25) is 0 Å². The van der Waals surface area contributed by atoms with Crippen LogP contribution in [0.15, 0.2) is 42.0 Å². The van der Waals surface area contributed by atoms with Gasteiger partial charge in [-0.3, -0.25) is 0 Å². The Morgan fingerprint density at radius 2 is 2.00 bits per heavy atom. The molecule has 4 rings (SSSR count). The van der Waals surface area contributed by atoms with E-state index in [0.29, 0.717) is 18.8 Å². The lowest BCUT2D eigenvalue weighted by molar-refractivity contribution is -0.181. The molecule has 0 aliphatic carbocycles. The van der Waals surface area contributed by atoms with Crippen LogP contribution >= 0.6 is 0 Å². The lowest BCUT2D eigenvalue weighted by Gasteiger charge is -2.35. The van der Waals surface area contributed by atoms with Crippen LogP contribution in [0.25, 0.3) is 0 Å². The number of hydrogen-bond donors (Lipinski definition) is 0. The summed E-state index contributed by atoms with van der Waals surface area (Å²) in [7, 11) is 0. The van der Waals surface area contributed by atoms with Crippen LogP contribution in [0.3, 0.4) is 0 Å².